The van der Waals surface area contributed by atoms with Crippen molar-refractivity contribution in [3.63, 3.8) is 0 Å². The number of nitrogens with one attached hydrogen (secondary N) is 3. The van der Waals surface area contributed by atoms with Gasteiger partial charge in [-0.3, -0.25) is 14.5 Å². The molecular formula is C51H56N8O8. The number of hydrogen-bond acceptors (Lipinski definition) is 9. The molecule has 4 aromatic carbocycles. The largest absolute Gasteiger partial charge is 0.489 e. The number of hydrogen-bond donors (Lipinski definition) is 4. The molecule has 4 heterocycles. The van der Waals surface area contributed by atoms with Crippen molar-refractivity contribution >= 4 is 24.0 Å². The monoisotopic (exact) mass is 908 g/mol. The van der Waals surface area contributed by atoms with Gasteiger partial charge in [0.15, 0.2) is 0 Å². The van der Waals surface area contributed by atoms with E-state index in [2.05, 4.69) is 32.4 Å². The molecule has 2 aliphatic rings. The van der Waals surface area contributed by atoms with Crippen molar-refractivity contribution in [2.45, 2.75) is 75.9 Å². The SMILES string of the molecule is COC(=O)N[C@@H](Cc1ccc(OCc2ccccc2)cc1)C(=O)N1CCC[C@H]1c1ncc(-c2ccc(-c3ccc(-c4cnc([C@@H]5CCCN5C(=O)[C@H]([C@@H](C)OC)N(C)C(=O)O)[nH]4)cc3)cc2)[nH]1. The number of methoxy groups -OCH3 is 2. The first-order valence-electron chi connectivity index (χ1n) is 22.5. The van der Waals surface area contributed by atoms with E-state index in [1.807, 2.05) is 91.0 Å². The smallest absolute Gasteiger partial charge is 0.407 e. The number of H-pyrrole nitrogens is 2. The molecule has 2 fully saturated rings. The van der Waals surface area contributed by atoms with Gasteiger partial charge in [-0.25, -0.2) is 19.6 Å². The number of amides is 4. The summed E-state index contributed by atoms with van der Waals surface area (Å²) in [5.74, 6) is 1.52. The van der Waals surface area contributed by atoms with Crippen LogP contribution in [0.5, 0.6) is 5.75 Å². The molecule has 2 aliphatic heterocycles. The number of carbonyl (C=O) groups is 4. The third kappa shape index (κ3) is 10.5. The Balaban J connectivity index is 0.898. The lowest BCUT2D eigenvalue weighted by molar-refractivity contribution is -0.141. The highest BCUT2D eigenvalue weighted by Crippen LogP contribution is 2.35. The maximum Gasteiger partial charge on any atom is 0.407 e. The second-order valence-electron chi connectivity index (χ2n) is 17.0. The van der Waals surface area contributed by atoms with Crippen LogP contribution in [0.2, 0.25) is 0 Å². The molecule has 0 radical (unpaired) electrons. The van der Waals surface area contributed by atoms with Gasteiger partial charge >= 0.3 is 12.2 Å². The summed E-state index contributed by atoms with van der Waals surface area (Å²) >= 11 is 0. The highest BCUT2D eigenvalue weighted by molar-refractivity contribution is 5.87. The van der Waals surface area contributed by atoms with Crippen molar-refractivity contribution in [1.29, 1.82) is 0 Å². The van der Waals surface area contributed by atoms with Crippen LogP contribution >= 0.6 is 0 Å². The van der Waals surface area contributed by atoms with Crippen LogP contribution in [0.1, 0.15) is 67.5 Å². The number of imidazole rings is 2. The molecule has 8 rings (SSSR count). The molecule has 0 saturated carbocycles. The van der Waals surface area contributed by atoms with Crippen molar-refractivity contribution in [2.75, 3.05) is 34.4 Å². The third-order valence-electron chi connectivity index (χ3n) is 12.8. The van der Waals surface area contributed by atoms with E-state index in [0.29, 0.717) is 43.5 Å². The van der Waals surface area contributed by atoms with Gasteiger partial charge < -0.3 is 44.4 Å². The van der Waals surface area contributed by atoms with Crippen LogP contribution in [-0.2, 0) is 32.1 Å². The minimum Gasteiger partial charge on any atom is -0.489 e. The molecule has 348 valence electrons. The summed E-state index contributed by atoms with van der Waals surface area (Å²) in [4.78, 5) is 73.0. The number of benzene rings is 4. The Morgan fingerprint density at radius 3 is 1.76 bits per heavy atom. The summed E-state index contributed by atoms with van der Waals surface area (Å²) in [6, 6.07) is 31.4. The van der Waals surface area contributed by atoms with Crippen LogP contribution in [-0.4, -0.2) is 116 Å². The van der Waals surface area contributed by atoms with Gasteiger partial charge in [0, 0.05) is 33.7 Å². The summed E-state index contributed by atoms with van der Waals surface area (Å²) in [6.07, 6.45) is 4.32. The maximum absolute atomic E-state index is 14.2. The summed E-state index contributed by atoms with van der Waals surface area (Å²) in [5.41, 5.74) is 7.49. The van der Waals surface area contributed by atoms with Crippen LogP contribution in [0.3, 0.4) is 0 Å². The number of rotatable bonds is 16. The number of carbonyl (C=O) groups excluding carboxylic acids is 3. The van der Waals surface area contributed by atoms with E-state index in [0.717, 1.165) is 68.9 Å². The van der Waals surface area contributed by atoms with Gasteiger partial charge in [-0.05, 0) is 78.1 Å². The Morgan fingerprint density at radius 1 is 0.731 bits per heavy atom. The predicted molar refractivity (Wildman–Crippen MR) is 251 cm³/mol. The second-order valence-corrected chi connectivity index (χ2v) is 17.0. The van der Waals surface area contributed by atoms with E-state index in [-0.39, 0.29) is 30.3 Å². The van der Waals surface area contributed by atoms with Gasteiger partial charge in [0.2, 0.25) is 11.8 Å². The van der Waals surface area contributed by atoms with Gasteiger partial charge in [-0.2, -0.15) is 0 Å². The first kappa shape index (κ1) is 46.1. The minimum absolute atomic E-state index is 0.209. The van der Waals surface area contributed by atoms with E-state index < -0.39 is 30.4 Å². The van der Waals surface area contributed by atoms with Gasteiger partial charge in [-0.1, -0.05) is 91.0 Å². The Kier molecular flexibility index (Phi) is 14.3. The van der Waals surface area contributed by atoms with E-state index in [9.17, 15) is 24.3 Å². The highest BCUT2D eigenvalue weighted by atomic mass is 16.5. The van der Waals surface area contributed by atoms with Crippen LogP contribution < -0.4 is 10.1 Å². The normalized spacial score (nSPS) is 17.1. The van der Waals surface area contributed by atoms with Gasteiger partial charge in [0.25, 0.3) is 0 Å². The maximum atomic E-state index is 14.2. The molecule has 16 nitrogen and oxygen atoms in total. The van der Waals surface area contributed by atoms with Gasteiger partial charge in [-0.15, -0.1) is 0 Å². The number of alkyl carbamates (subject to hydrolysis) is 1. The lowest BCUT2D eigenvalue weighted by Crippen LogP contribution is -2.54. The zero-order chi connectivity index (χ0) is 47.0. The fraction of sp³-hybridized carbons (Fsp3) is 0.333. The van der Waals surface area contributed by atoms with Crippen LogP contribution in [0.4, 0.5) is 9.59 Å². The number of ether oxygens (including phenoxy) is 3. The molecule has 67 heavy (non-hydrogen) atoms. The number of nitrogens with zero attached hydrogens (tertiary/aromatic N) is 5. The van der Waals surface area contributed by atoms with Crippen LogP contribution in [0.15, 0.2) is 116 Å². The van der Waals surface area contributed by atoms with Crippen molar-refractivity contribution in [3.05, 3.63) is 138 Å². The van der Waals surface area contributed by atoms with Crippen molar-refractivity contribution < 1.29 is 38.5 Å². The standard InChI is InChI=1S/C51H56N8O8/c1-32(65-3)45(57(2)51(63)64)49(61)59-27-9-13-44(59)47-53-30-42(55-47)38-22-18-36(19-23-38)35-16-20-37(21-17-35)41-29-52-46(54-41)43-12-8-26-58(43)48(60)40(56-50(62)66-4)28-33-14-24-39(25-15-33)67-31-34-10-6-5-7-11-34/h5-7,10-11,14-25,29-30,32,40,43-45H,8-9,12-13,26-28,31H2,1-4H3,(H,52,54)(H,53,55)(H,56,62)(H,63,64)/t32-,40+,43+,44+,45+/m1/s1. The first-order chi connectivity index (χ1) is 32.5. The summed E-state index contributed by atoms with van der Waals surface area (Å²) in [7, 11) is 4.13. The molecular weight excluding hydrogens is 853 g/mol. The number of likely N-dealkylation sites (tertiary alicyclic amines) is 2. The zero-order valence-corrected chi connectivity index (χ0v) is 38.1. The summed E-state index contributed by atoms with van der Waals surface area (Å²) in [5, 5.41) is 12.4. The molecule has 4 N–H and O–H groups in total. The van der Waals surface area contributed by atoms with Crippen LogP contribution in [0.25, 0.3) is 33.6 Å². The Morgan fingerprint density at radius 2 is 1.25 bits per heavy atom. The molecule has 2 aromatic heterocycles. The average Bonchev–Trinajstić information content (AvgIpc) is 4.21. The van der Waals surface area contributed by atoms with Crippen molar-refractivity contribution in [2.24, 2.45) is 0 Å². The average molecular weight is 909 g/mol. The van der Waals surface area contributed by atoms with Crippen molar-refractivity contribution in [1.82, 2.24) is 40.0 Å². The number of likely N-dealkylation sites (N-methyl/N-ethyl adjacent to an activating group) is 1. The molecule has 6 aromatic rings. The minimum atomic E-state index is -1.20. The van der Waals surface area contributed by atoms with Gasteiger partial charge in [0.05, 0.1) is 49.1 Å². The highest BCUT2D eigenvalue weighted by Gasteiger charge is 2.41. The molecule has 2 saturated heterocycles. The molecule has 5 atom stereocenters. The topological polar surface area (TPSA) is 195 Å². The van der Waals surface area contributed by atoms with Crippen LogP contribution in [0, 0.1) is 0 Å². The van der Waals surface area contributed by atoms with Gasteiger partial charge in [0.1, 0.15) is 36.1 Å². The summed E-state index contributed by atoms with van der Waals surface area (Å²) < 4.78 is 16.3. The Labute approximate surface area is 389 Å². The first-order valence-corrected chi connectivity index (χ1v) is 22.5. The number of aromatic amines is 2. The van der Waals surface area contributed by atoms with E-state index in [1.54, 1.807) is 29.1 Å². The molecule has 0 aliphatic carbocycles. The van der Waals surface area contributed by atoms with E-state index >= 15 is 0 Å². The third-order valence-corrected chi connectivity index (χ3v) is 12.8. The quantitative estimate of drug-likeness (QED) is 0.0739. The predicted octanol–water partition coefficient (Wildman–Crippen LogP) is 8.02. The molecule has 0 bridgehead atoms. The second kappa shape index (κ2) is 20.8. The van der Waals surface area contributed by atoms with Crippen molar-refractivity contribution in [3.8, 4) is 39.4 Å². The zero-order valence-electron chi connectivity index (χ0n) is 38.1. The van der Waals surface area contributed by atoms with E-state index in [1.165, 1.54) is 21.3 Å². The van der Waals surface area contributed by atoms with E-state index in [4.69, 9.17) is 19.2 Å². The lowest BCUT2D eigenvalue weighted by Gasteiger charge is -2.34. The number of carboxylic acid groups (broad SMARTS) is 1. The molecule has 16 heteroatoms. The summed E-state index contributed by atoms with van der Waals surface area (Å²) in [6.45, 7) is 3.16. The number of aromatic nitrogens is 4. The Hall–Kier alpha value is -7.46. The fourth-order valence-corrected chi connectivity index (χ4v) is 9.02. The Bertz CT molecular complexity index is 2630. The fourth-order valence-electron chi connectivity index (χ4n) is 9.02. The molecule has 4 amide bonds. The molecule has 0 unspecified atom stereocenters. The molecule has 0 spiro atoms. The lowest BCUT2D eigenvalue weighted by atomic mass is 10.0.